The smallest absolute Gasteiger partial charge is 0.319 e. The molecule has 0 aliphatic heterocycles. The maximum Gasteiger partial charge on any atom is 0.319 e. The number of carbonyl (C=O) groups excluding carboxylic acids is 1. The second-order valence-corrected chi connectivity index (χ2v) is 5.19. The summed E-state index contributed by atoms with van der Waals surface area (Å²) in [4.78, 5) is 21.9. The van der Waals surface area contributed by atoms with Crippen molar-refractivity contribution in [3.63, 3.8) is 0 Å². The summed E-state index contributed by atoms with van der Waals surface area (Å²) in [5.41, 5.74) is 0.766. The molecule has 0 spiro atoms. The zero-order valence-corrected chi connectivity index (χ0v) is 12.8. The predicted octanol–water partition coefficient (Wildman–Crippen LogP) is 2.98. The van der Waals surface area contributed by atoms with Crippen LogP contribution < -0.4 is 10.6 Å². The van der Waals surface area contributed by atoms with E-state index in [2.05, 4.69) is 10.6 Å². The largest absolute Gasteiger partial charge is 0.386 e. The number of aliphatic hydroxyl groups excluding tert-OH is 1. The Kier molecular flexibility index (Phi) is 5.43. The second kappa shape index (κ2) is 7.51. The Labute approximate surface area is 137 Å². The molecule has 0 heterocycles. The molecule has 2 rings (SSSR count). The highest BCUT2D eigenvalue weighted by atomic mass is 19.1. The summed E-state index contributed by atoms with van der Waals surface area (Å²) >= 11 is 0. The number of nitro benzene ring substituents is 1. The molecule has 2 unspecified atom stereocenters. The fraction of sp³-hybridized carbons (Fsp3) is 0.188. The summed E-state index contributed by atoms with van der Waals surface area (Å²) in [5, 5.41) is 25.8. The zero-order chi connectivity index (χ0) is 17.7. The number of urea groups is 1. The number of amides is 2. The monoisotopic (exact) mass is 333 g/mol. The molecule has 0 bridgehead atoms. The summed E-state index contributed by atoms with van der Waals surface area (Å²) in [6.07, 6.45) is -1.01. The van der Waals surface area contributed by atoms with Gasteiger partial charge in [-0.2, -0.15) is 0 Å². The molecule has 7 nitrogen and oxygen atoms in total. The first-order valence-corrected chi connectivity index (χ1v) is 7.12. The minimum atomic E-state index is -1.01. The molecule has 2 aromatic rings. The molecular weight excluding hydrogens is 317 g/mol. The van der Waals surface area contributed by atoms with Crippen molar-refractivity contribution in [2.75, 3.05) is 5.32 Å². The Hall–Kier alpha value is -3.00. The molecule has 0 radical (unpaired) electrons. The molecule has 2 aromatic carbocycles. The number of nitrogens with one attached hydrogen (secondary N) is 2. The lowest BCUT2D eigenvalue weighted by atomic mass is 10.0. The Bertz CT molecular complexity index is 719. The molecular formula is C16H16FN3O4. The lowest BCUT2D eigenvalue weighted by molar-refractivity contribution is -0.384. The number of non-ortho nitro benzene ring substituents is 1. The van der Waals surface area contributed by atoms with Gasteiger partial charge in [0.2, 0.25) is 0 Å². The highest BCUT2D eigenvalue weighted by molar-refractivity contribution is 5.89. The third-order valence-electron chi connectivity index (χ3n) is 3.38. The average Bonchev–Trinajstić information content (AvgIpc) is 2.55. The van der Waals surface area contributed by atoms with Gasteiger partial charge in [-0.15, -0.1) is 0 Å². The van der Waals surface area contributed by atoms with Gasteiger partial charge < -0.3 is 15.7 Å². The molecule has 2 atom stereocenters. The number of hydrogen-bond donors (Lipinski definition) is 3. The summed E-state index contributed by atoms with van der Waals surface area (Å²) in [6.45, 7) is 1.60. The van der Waals surface area contributed by atoms with Crippen molar-refractivity contribution in [3.8, 4) is 0 Å². The number of nitro groups is 1. The van der Waals surface area contributed by atoms with Gasteiger partial charge in [-0.25, -0.2) is 9.18 Å². The van der Waals surface area contributed by atoms with E-state index < -0.39 is 28.9 Å². The highest BCUT2D eigenvalue weighted by Crippen LogP contribution is 2.18. The maximum atomic E-state index is 12.9. The van der Waals surface area contributed by atoms with E-state index in [1.54, 1.807) is 6.92 Å². The van der Waals surface area contributed by atoms with Gasteiger partial charge in [-0.3, -0.25) is 10.1 Å². The number of anilines is 1. The number of carbonyl (C=O) groups is 1. The van der Waals surface area contributed by atoms with Gasteiger partial charge in [0.05, 0.1) is 17.1 Å². The average molecular weight is 333 g/mol. The Morgan fingerprint density at radius 2 is 1.75 bits per heavy atom. The summed E-state index contributed by atoms with van der Waals surface area (Å²) in [6, 6.07) is 9.46. The van der Waals surface area contributed by atoms with Crippen molar-refractivity contribution >= 4 is 17.4 Å². The van der Waals surface area contributed by atoms with Gasteiger partial charge in [-0.05, 0) is 36.8 Å². The predicted molar refractivity (Wildman–Crippen MR) is 86.1 cm³/mol. The van der Waals surface area contributed by atoms with Crippen molar-refractivity contribution < 1.29 is 19.2 Å². The van der Waals surface area contributed by atoms with Crippen LogP contribution >= 0.6 is 0 Å². The minimum absolute atomic E-state index is 0.0824. The molecule has 0 saturated heterocycles. The second-order valence-electron chi connectivity index (χ2n) is 5.19. The van der Waals surface area contributed by atoms with E-state index in [1.807, 2.05) is 0 Å². The Balaban J connectivity index is 1.93. The normalized spacial score (nSPS) is 13.0. The third-order valence-corrected chi connectivity index (χ3v) is 3.38. The molecule has 126 valence electrons. The fourth-order valence-corrected chi connectivity index (χ4v) is 2.07. The van der Waals surface area contributed by atoms with Crippen molar-refractivity contribution in [1.82, 2.24) is 5.32 Å². The van der Waals surface area contributed by atoms with E-state index in [9.17, 15) is 24.4 Å². The topological polar surface area (TPSA) is 104 Å². The molecule has 8 heteroatoms. The van der Waals surface area contributed by atoms with Gasteiger partial charge in [0.25, 0.3) is 5.69 Å². The van der Waals surface area contributed by atoms with Gasteiger partial charge in [0.15, 0.2) is 0 Å². The first kappa shape index (κ1) is 17.4. The Morgan fingerprint density at radius 1 is 1.17 bits per heavy atom. The van der Waals surface area contributed by atoms with E-state index in [-0.39, 0.29) is 5.69 Å². The van der Waals surface area contributed by atoms with E-state index in [4.69, 9.17) is 0 Å². The van der Waals surface area contributed by atoms with Crippen LogP contribution in [0.2, 0.25) is 0 Å². The molecule has 0 aliphatic rings. The van der Waals surface area contributed by atoms with Gasteiger partial charge in [0.1, 0.15) is 5.82 Å². The molecule has 0 aromatic heterocycles. The molecule has 0 saturated carbocycles. The SMILES string of the molecule is CC(NC(=O)Nc1ccc([N+](=O)[O-])cc1)C(O)c1ccc(F)cc1. The van der Waals surface area contributed by atoms with Gasteiger partial charge >= 0.3 is 6.03 Å². The van der Waals surface area contributed by atoms with E-state index >= 15 is 0 Å². The number of hydrogen-bond acceptors (Lipinski definition) is 4. The standard InChI is InChI=1S/C16H16FN3O4/c1-10(15(21)11-2-4-12(17)5-3-11)18-16(22)19-13-6-8-14(9-7-13)20(23)24/h2-10,15,21H,1H3,(H2,18,19,22). The van der Waals surface area contributed by atoms with E-state index in [1.165, 1.54) is 48.5 Å². The molecule has 0 fully saturated rings. The summed E-state index contributed by atoms with van der Waals surface area (Å²) in [7, 11) is 0. The van der Waals surface area contributed by atoms with Gasteiger partial charge in [-0.1, -0.05) is 12.1 Å². The van der Waals surface area contributed by atoms with Crippen LogP contribution in [0.25, 0.3) is 0 Å². The molecule has 2 amide bonds. The van der Waals surface area contributed by atoms with Crippen LogP contribution in [0.4, 0.5) is 20.6 Å². The molecule has 0 aliphatic carbocycles. The van der Waals surface area contributed by atoms with Crippen LogP contribution in [0.3, 0.4) is 0 Å². The lowest BCUT2D eigenvalue weighted by Gasteiger charge is -2.21. The van der Waals surface area contributed by atoms with Crippen LogP contribution in [0.15, 0.2) is 48.5 Å². The highest BCUT2D eigenvalue weighted by Gasteiger charge is 2.18. The molecule has 24 heavy (non-hydrogen) atoms. The van der Waals surface area contributed by atoms with Crippen molar-refractivity contribution in [2.24, 2.45) is 0 Å². The number of benzene rings is 2. The number of aliphatic hydroxyl groups is 1. The van der Waals surface area contributed by atoms with E-state index in [0.29, 0.717) is 11.3 Å². The number of rotatable bonds is 5. The molecule has 3 N–H and O–H groups in total. The van der Waals surface area contributed by atoms with Crippen LogP contribution in [0.5, 0.6) is 0 Å². The minimum Gasteiger partial charge on any atom is -0.386 e. The summed E-state index contributed by atoms with van der Waals surface area (Å²) in [5.74, 6) is -0.414. The fourth-order valence-electron chi connectivity index (χ4n) is 2.07. The zero-order valence-electron chi connectivity index (χ0n) is 12.8. The third kappa shape index (κ3) is 4.50. The van der Waals surface area contributed by atoms with Crippen LogP contribution in [0, 0.1) is 15.9 Å². The van der Waals surface area contributed by atoms with Crippen molar-refractivity contribution in [3.05, 3.63) is 70.0 Å². The first-order chi connectivity index (χ1) is 11.4. The van der Waals surface area contributed by atoms with Crippen LogP contribution in [0.1, 0.15) is 18.6 Å². The Morgan fingerprint density at radius 3 is 2.29 bits per heavy atom. The van der Waals surface area contributed by atoms with Crippen LogP contribution in [-0.4, -0.2) is 22.1 Å². The van der Waals surface area contributed by atoms with Crippen LogP contribution in [-0.2, 0) is 0 Å². The maximum absolute atomic E-state index is 12.9. The van der Waals surface area contributed by atoms with Gasteiger partial charge in [0, 0.05) is 17.8 Å². The number of halogens is 1. The van der Waals surface area contributed by atoms with Crippen molar-refractivity contribution in [1.29, 1.82) is 0 Å². The van der Waals surface area contributed by atoms with Crippen molar-refractivity contribution in [2.45, 2.75) is 19.1 Å². The summed E-state index contributed by atoms with van der Waals surface area (Å²) < 4.78 is 12.9. The van der Waals surface area contributed by atoms with E-state index in [0.717, 1.165) is 0 Å². The quantitative estimate of drug-likeness (QED) is 0.578. The number of nitrogens with zero attached hydrogens (tertiary/aromatic N) is 1. The first-order valence-electron chi connectivity index (χ1n) is 7.12. The lowest BCUT2D eigenvalue weighted by Crippen LogP contribution is -2.39.